The van der Waals surface area contributed by atoms with Crippen LogP contribution in [0.4, 0.5) is 4.39 Å². The van der Waals surface area contributed by atoms with Crippen LogP contribution in [0.1, 0.15) is 72.5 Å². The number of nitrogens with zero attached hydrogens (tertiary/aromatic N) is 1. The van der Waals surface area contributed by atoms with Gasteiger partial charge >= 0.3 is 0 Å². The summed E-state index contributed by atoms with van der Waals surface area (Å²) in [6, 6.07) is 13.5. The number of nitrogens with one attached hydrogen (secondary N) is 1. The topological polar surface area (TPSA) is 41.6 Å². The summed E-state index contributed by atoms with van der Waals surface area (Å²) in [4.78, 5) is 14.5. The predicted molar refractivity (Wildman–Crippen MR) is 116 cm³/mol. The molecule has 1 saturated carbocycles. The van der Waals surface area contributed by atoms with Crippen LogP contribution in [0, 0.1) is 5.82 Å². The Morgan fingerprint density at radius 3 is 2.57 bits per heavy atom. The average molecular weight is 411 g/mol. The van der Waals surface area contributed by atoms with Gasteiger partial charge in [-0.25, -0.2) is 4.39 Å². The van der Waals surface area contributed by atoms with Crippen LogP contribution in [-0.2, 0) is 0 Å². The highest BCUT2D eigenvalue weighted by Crippen LogP contribution is 2.36. The number of ether oxygens (including phenoxy) is 1. The standard InChI is InChI=1S/C25H31FN2O2/c1-17(21-13-22(26)16-24(15-21)30-2)27-23-10-9-20(14-23)18-5-7-19(8-6-18)25(29)28-11-3-4-12-28/h5-8,13,15-17,20,23,27H,3-4,9-12,14H2,1-2H3/t17-,20-,23+/m1/s1. The number of hydrogen-bond acceptors (Lipinski definition) is 3. The predicted octanol–water partition coefficient (Wildman–Crippen LogP) is 5.06. The van der Waals surface area contributed by atoms with Crippen molar-refractivity contribution in [3.05, 3.63) is 65.0 Å². The molecule has 1 heterocycles. The highest BCUT2D eigenvalue weighted by Gasteiger charge is 2.27. The summed E-state index contributed by atoms with van der Waals surface area (Å²) in [6.45, 7) is 3.83. The van der Waals surface area contributed by atoms with E-state index in [1.807, 2.05) is 23.1 Å². The van der Waals surface area contributed by atoms with Crippen molar-refractivity contribution < 1.29 is 13.9 Å². The van der Waals surface area contributed by atoms with Gasteiger partial charge in [0.05, 0.1) is 7.11 Å². The Morgan fingerprint density at radius 1 is 1.13 bits per heavy atom. The normalized spacial score (nSPS) is 22.3. The fourth-order valence-corrected chi connectivity index (χ4v) is 4.84. The van der Waals surface area contributed by atoms with E-state index in [0.717, 1.165) is 56.3 Å². The van der Waals surface area contributed by atoms with E-state index in [2.05, 4.69) is 24.4 Å². The third kappa shape index (κ3) is 4.67. The van der Waals surface area contributed by atoms with Gasteiger partial charge in [0.15, 0.2) is 0 Å². The van der Waals surface area contributed by atoms with Crippen molar-refractivity contribution in [1.82, 2.24) is 10.2 Å². The maximum Gasteiger partial charge on any atom is 0.253 e. The fourth-order valence-electron chi connectivity index (χ4n) is 4.84. The van der Waals surface area contributed by atoms with Gasteiger partial charge in [0.1, 0.15) is 11.6 Å². The second-order valence-corrected chi connectivity index (χ2v) is 8.64. The van der Waals surface area contributed by atoms with Crippen LogP contribution in [-0.4, -0.2) is 37.0 Å². The van der Waals surface area contributed by atoms with E-state index >= 15 is 0 Å². The van der Waals surface area contributed by atoms with Crippen molar-refractivity contribution in [1.29, 1.82) is 0 Å². The van der Waals surface area contributed by atoms with Gasteiger partial charge in [-0.15, -0.1) is 0 Å². The first-order valence-corrected chi connectivity index (χ1v) is 11.0. The number of carbonyl (C=O) groups excluding carboxylic acids is 1. The van der Waals surface area contributed by atoms with E-state index in [0.29, 0.717) is 17.7 Å². The molecule has 1 amide bonds. The highest BCUT2D eigenvalue weighted by molar-refractivity contribution is 5.94. The molecule has 0 spiro atoms. The molecule has 0 radical (unpaired) electrons. The number of methoxy groups -OCH3 is 1. The number of carbonyl (C=O) groups is 1. The second kappa shape index (κ2) is 9.17. The smallest absolute Gasteiger partial charge is 0.253 e. The van der Waals surface area contributed by atoms with Crippen molar-refractivity contribution in [2.45, 2.75) is 57.0 Å². The van der Waals surface area contributed by atoms with E-state index in [1.165, 1.54) is 11.6 Å². The molecule has 0 unspecified atom stereocenters. The molecule has 2 fully saturated rings. The summed E-state index contributed by atoms with van der Waals surface area (Å²) in [7, 11) is 1.56. The lowest BCUT2D eigenvalue weighted by molar-refractivity contribution is 0.0793. The molecule has 2 aliphatic rings. The van der Waals surface area contributed by atoms with Crippen LogP contribution in [0.3, 0.4) is 0 Å². The van der Waals surface area contributed by atoms with Crippen molar-refractivity contribution in [3.8, 4) is 5.75 Å². The fraction of sp³-hybridized carbons (Fsp3) is 0.480. The maximum atomic E-state index is 13.8. The Labute approximate surface area is 178 Å². The molecule has 4 nitrogen and oxygen atoms in total. The minimum absolute atomic E-state index is 0.0545. The average Bonchev–Trinajstić information content (AvgIpc) is 3.45. The zero-order chi connectivity index (χ0) is 21.1. The monoisotopic (exact) mass is 410 g/mol. The lowest BCUT2D eigenvalue weighted by atomic mass is 9.96. The molecular weight excluding hydrogens is 379 g/mol. The minimum Gasteiger partial charge on any atom is -0.497 e. The summed E-state index contributed by atoms with van der Waals surface area (Å²) in [6.07, 6.45) is 5.49. The Hall–Kier alpha value is -2.40. The van der Waals surface area contributed by atoms with Crippen molar-refractivity contribution in [2.75, 3.05) is 20.2 Å². The van der Waals surface area contributed by atoms with E-state index in [4.69, 9.17) is 4.74 Å². The number of halogens is 1. The Bertz CT molecular complexity index is 877. The molecule has 160 valence electrons. The van der Waals surface area contributed by atoms with E-state index < -0.39 is 0 Å². The Balaban J connectivity index is 1.35. The molecule has 3 atom stereocenters. The molecular formula is C25H31FN2O2. The summed E-state index contributed by atoms with van der Waals surface area (Å²) in [5.41, 5.74) is 3.00. The maximum absolute atomic E-state index is 13.8. The molecule has 1 N–H and O–H groups in total. The van der Waals surface area contributed by atoms with E-state index in [9.17, 15) is 9.18 Å². The number of benzene rings is 2. The third-order valence-electron chi connectivity index (χ3n) is 6.57. The number of amides is 1. The van der Waals surface area contributed by atoms with E-state index in [1.54, 1.807) is 13.2 Å². The quantitative estimate of drug-likeness (QED) is 0.724. The first-order chi connectivity index (χ1) is 14.5. The van der Waals surface area contributed by atoms with Gasteiger partial charge in [-0.1, -0.05) is 12.1 Å². The van der Waals surface area contributed by atoms with Crippen molar-refractivity contribution >= 4 is 5.91 Å². The van der Waals surface area contributed by atoms with Gasteiger partial charge in [-0.3, -0.25) is 4.79 Å². The van der Waals surface area contributed by atoms with Crippen molar-refractivity contribution in [3.63, 3.8) is 0 Å². The van der Waals surface area contributed by atoms with Gasteiger partial charge in [0.25, 0.3) is 5.91 Å². The highest BCUT2D eigenvalue weighted by atomic mass is 19.1. The number of rotatable bonds is 6. The first kappa shape index (κ1) is 20.9. The third-order valence-corrected chi connectivity index (χ3v) is 6.57. The molecule has 2 aromatic rings. The first-order valence-electron chi connectivity index (χ1n) is 11.0. The molecule has 0 bridgehead atoms. The molecule has 1 aliphatic heterocycles. The molecule has 30 heavy (non-hydrogen) atoms. The molecule has 1 saturated heterocycles. The van der Waals surface area contributed by atoms with Crippen LogP contribution >= 0.6 is 0 Å². The largest absolute Gasteiger partial charge is 0.497 e. The Morgan fingerprint density at radius 2 is 1.87 bits per heavy atom. The minimum atomic E-state index is -0.272. The number of hydrogen-bond donors (Lipinski definition) is 1. The number of likely N-dealkylation sites (tertiary alicyclic amines) is 1. The van der Waals surface area contributed by atoms with Gasteiger partial charge in [0.2, 0.25) is 0 Å². The van der Waals surface area contributed by atoms with Gasteiger partial charge < -0.3 is 15.0 Å². The zero-order valence-corrected chi connectivity index (χ0v) is 17.9. The van der Waals surface area contributed by atoms with Gasteiger partial charge in [0, 0.05) is 36.8 Å². The van der Waals surface area contributed by atoms with Crippen LogP contribution < -0.4 is 10.1 Å². The molecule has 0 aromatic heterocycles. The zero-order valence-electron chi connectivity index (χ0n) is 17.9. The Kier molecular flexibility index (Phi) is 6.38. The molecule has 5 heteroatoms. The van der Waals surface area contributed by atoms with Crippen LogP contribution in [0.25, 0.3) is 0 Å². The molecule has 1 aliphatic carbocycles. The summed E-state index contributed by atoms with van der Waals surface area (Å²) in [5, 5.41) is 3.66. The van der Waals surface area contributed by atoms with E-state index in [-0.39, 0.29) is 17.8 Å². The lowest BCUT2D eigenvalue weighted by Gasteiger charge is -2.21. The van der Waals surface area contributed by atoms with Crippen molar-refractivity contribution in [2.24, 2.45) is 0 Å². The SMILES string of the molecule is COc1cc(F)cc([C@@H](C)N[C@H]2CC[C@@H](c3ccc(C(=O)N4CCCC4)cc3)C2)c1. The lowest BCUT2D eigenvalue weighted by Crippen LogP contribution is -2.29. The second-order valence-electron chi connectivity index (χ2n) is 8.64. The molecule has 4 rings (SSSR count). The van der Waals surface area contributed by atoms with Gasteiger partial charge in [-0.2, -0.15) is 0 Å². The summed E-state index contributed by atoms with van der Waals surface area (Å²) < 4.78 is 19.0. The van der Waals surface area contributed by atoms with Crippen LogP contribution in [0.2, 0.25) is 0 Å². The molecule has 2 aromatic carbocycles. The summed E-state index contributed by atoms with van der Waals surface area (Å²) in [5.74, 6) is 0.925. The van der Waals surface area contributed by atoms with Crippen LogP contribution in [0.15, 0.2) is 42.5 Å². The summed E-state index contributed by atoms with van der Waals surface area (Å²) >= 11 is 0. The van der Waals surface area contributed by atoms with Crippen LogP contribution in [0.5, 0.6) is 5.75 Å². The van der Waals surface area contributed by atoms with Gasteiger partial charge in [-0.05, 0) is 80.3 Å².